The number of pyridine rings is 1. The SMILES string of the molecule is CC(=O)NCc1ccc(-c2csc(NC(=O)/C=C/c3cccc4cccnc34)n2)o1. The van der Waals surface area contributed by atoms with Crippen LogP contribution in [0.2, 0.25) is 0 Å². The molecule has 3 aromatic heterocycles. The number of anilines is 1. The largest absolute Gasteiger partial charge is 0.458 e. The zero-order chi connectivity index (χ0) is 20.9. The summed E-state index contributed by atoms with van der Waals surface area (Å²) >= 11 is 1.31. The molecule has 0 aliphatic carbocycles. The molecular weight excluding hydrogens is 400 g/mol. The van der Waals surface area contributed by atoms with Gasteiger partial charge in [0.2, 0.25) is 11.8 Å². The van der Waals surface area contributed by atoms with E-state index in [0.717, 1.165) is 16.5 Å². The van der Waals surface area contributed by atoms with Gasteiger partial charge in [0.05, 0.1) is 12.1 Å². The molecule has 30 heavy (non-hydrogen) atoms. The second kappa shape index (κ2) is 8.71. The smallest absolute Gasteiger partial charge is 0.250 e. The van der Waals surface area contributed by atoms with Crippen molar-refractivity contribution in [2.45, 2.75) is 13.5 Å². The number of thiazole rings is 1. The molecule has 8 heteroatoms. The molecule has 1 aromatic carbocycles. The first-order chi connectivity index (χ1) is 14.6. The van der Waals surface area contributed by atoms with Crippen molar-refractivity contribution < 1.29 is 14.0 Å². The molecule has 7 nitrogen and oxygen atoms in total. The quantitative estimate of drug-likeness (QED) is 0.457. The Labute approximate surface area is 176 Å². The van der Waals surface area contributed by atoms with Gasteiger partial charge in [-0.3, -0.25) is 19.9 Å². The lowest BCUT2D eigenvalue weighted by atomic mass is 10.1. The minimum atomic E-state index is -0.283. The normalized spacial score (nSPS) is 11.1. The Balaban J connectivity index is 1.41. The summed E-state index contributed by atoms with van der Waals surface area (Å²) in [4.78, 5) is 32.1. The van der Waals surface area contributed by atoms with Crippen LogP contribution >= 0.6 is 11.3 Å². The van der Waals surface area contributed by atoms with Crippen LogP contribution in [0.4, 0.5) is 5.13 Å². The molecule has 0 unspecified atom stereocenters. The Morgan fingerprint density at radius 3 is 2.90 bits per heavy atom. The summed E-state index contributed by atoms with van der Waals surface area (Å²) in [6, 6.07) is 13.2. The molecule has 150 valence electrons. The van der Waals surface area contributed by atoms with E-state index < -0.39 is 0 Å². The molecule has 0 aliphatic heterocycles. The molecule has 2 N–H and O–H groups in total. The standard InChI is InChI=1S/C22H18N4O3S/c1-14(27)24-12-17-8-9-19(29-17)18-13-30-22(25-18)26-20(28)10-7-16-5-2-4-15-6-3-11-23-21(15)16/h2-11,13H,12H2,1H3,(H,24,27)(H,25,26,28)/b10-7+. The van der Waals surface area contributed by atoms with Crippen molar-refractivity contribution in [3.05, 3.63) is 71.4 Å². The topological polar surface area (TPSA) is 97.1 Å². The second-order valence-corrected chi connectivity index (χ2v) is 7.32. The highest BCUT2D eigenvalue weighted by Gasteiger charge is 2.11. The number of fused-ring (bicyclic) bond motifs is 1. The summed E-state index contributed by atoms with van der Waals surface area (Å²) in [5.41, 5.74) is 2.32. The molecule has 0 fully saturated rings. The lowest BCUT2D eigenvalue weighted by Gasteiger charge is -2.00. The number of rotatable bonds is 6. The van der Waals surface area contributed by atoms with Gasteiger partial charge >= 0.3 is 0 Å². The molecule has 0 atom stereocenters. The number of nitrogens with one attached hydrogen (secondary N) is 2. The van der Waals surface area contributed by atoms with Crippen molar-refractivity contribution in [2.24, 2.45) is 0 Å². The van der Waals surface area contributed by atoms with Gasteiger partial charge in [-0.25, -0.2) is 4.98 Å². The molecule has 0 bridgehead atoms. The molecule has 0 saturated heterocycles. The monoisotopic (exact) mass is 418 g/mol. The van der Waals surface area contributed by atoms with Gasteiger partial charge < -0.3 is 9.73 Å². The first-order valence-electron chi connectivity index (χ1n) is 9.20. The average Bonchev–Trinajstić information content (AvgIpc) is 3.40. The van der Waals surface area contributed by atoms with E-state index in [9.17, 15) is 9.59 Å². The van der Waals surface area contributed by atoms with Crippen molar-refractivity contribution >= 4 is 45.3 Å². The predicted molar refractivity (Wildman–Crippen MR) is 117 cm³/mol. The van der Waals surface area contributed by atoms with E-state index in [0.29, 0.717) is 28.9 Å². The number of nitrogens with zero attached hydrogens (tertiary/aromatic N) is 2. The Morgan fingerprint density at radius 1 is 1.17 bits per heavy atom. The maximum atomic E-state index is 12.3. The highest BCUT2D eigenvalue weighted by molar-refractivity contribution is 7.14. The summed E-state index contributed by atoms with van der Waals surface area (Å²) in [5.74, 6) is 0.795. The predicted octanol–water partition coefficient (Wildman–Crippen LogP) is 4.24. The van der Waals surface area contributed by atoms with E-state index in [4.69, 9.17) is 4.42 Å². The third-order valence-electron chi connectivity index (χ3n) is 4.24. The van der Waals surface area contributed by atoms with E-state index in [1.807, 2.05) is 30.3 Å². The maximum absolute atomic E-state index is 12.3. The third kappa shape index (κ3) is 4.61. The average molecular weight is 418 g/mol. The van der Waals surface area contributed by atoms with Gasteiger partial charge in [-0.2, -0.15) is 0 Å². The number of para-hydroxylation sites is 1. The molecule has 0 spiro atoms. The zero-order valence-corrected chi connectivity index (χ0v) is 16.9. The van der Waals surface area contributed by atoms with Crippen molar-refractivity contribution in [1.82, 2.24) is 15.3 Å². The highest BCUT2D eigenvalue weighted by atomic mass is 32.1. The van der Waals surface area contributed by atoms with E-state index in [-0.39, 0.29) is 11.8 Å². The summed E-state index contributed by atoms with van der Waals surface area (Å²) in [6.45, 7) is 1.77. The number of aromatic nitrogens is 2. The molecule has 4 rings (SSSR count). The van der Waals surface area contributed by atoms with E-state index >= 15 is 0 Å². The Morgan fingerprint density at radius 2 is 2.03 bits per heavy atom. The summed E-state index contributed by atoms with van der Waals surface area (Å²) in [7, 11) is 0. The van der Waals surface area contributed by atoms with Gasteiger partial charge in [0, 0.05) is 35.5 Å². The van der Waals surface area contributed by atoms with Crippen molar-refractivity contribution in [3.8, 4) is 11.5 Å². The van der Waals surface area contributed by atoms with Crippen LogP contribution in [0.15, 0.2) is 64.5 Å². The van der Waals surface area contributed by atoms with Crippen molar-refractivity contribution in [3.63, 3.8) is 0 Å². The summed E-state index contributed by atoms with van der Waals surface area (Å²) in [5, 5.41) is 8.72. The Hall–Kier alpha value is -3.78. The number of carbonyl (C=O) groups is 2. The maximum Gasteiger partial charge on any atom is 0.250 e. The minimum absolute atomic E-state index is 0.126. The van der Waals surface area contributed by atoms with Gasteiger partial charge in [0.1, 0.15) is 11.5 Å². The van der Waals surface area contributed by atoms with Crippen LogP contribution in [0.3, 0.4) is 0 Å². The van der Waals surface area contributed by atoms with Crippen LogP contribution in [-0.2, 0) is 16.1 Å². The van der Waals surface area contributed by atoms with Crippen molar-refractivity contribution in [2.75, 3.05) is 5.32 Å². The number of amides is 2. The Kier molecular flexibility index (Phi) is 5.67. The fourth-order valence-electron chi connectivity index (χ4n) is 2.84. The number of furan rings is 1. The minimum Gasteiger partial charge on any atom is -0.458 e. The van der Waals surface area contributed by atoms with Gasteiger partial charge in [0.15, 0.2) is 10.9 Å². The number of benzene rings is 1. The van der Waals surface area contributed by atoms with Crippen LogP contribution < -0.4 is 10.6 Å². The van der Waals surface area contributed by atoms with Crippen LogP contribution in [0.1, 0.15) is 18.2 Å². The number of hydrogen-bond acceptors (Lipinski definition) is 6. The number of carbonyl (C=O) groups excluding carboxylic acids is 2. The first kappa shape index (κ1) is 19.5. The van der Waals surface area contributed by atoms with Crippen LogP contribution in [0.25, 0.3) is 28.4 Å². The van der Waals surface area contributed by atoms with E-state index in [2.05, 4.69) is 20.6 Å². The molecule has 2 amide bonds. The van der Waals surface area contributed by atoms with E-state index in [1.165, 1.54) is 24.3 Å². The van der Waals surface area contributed by atoms with Crippen molar-refractivity contribution in [1.29, 1.82) is 0 Å². The van der Waals surface area contributed by atoms with Crippen LogP contribution in [0.5, 0.6) is 0 Å². The third-order valence-corrected chi connectivity index (χ3v) is 5.00. The summed E-state index contributed by atoms with van der Waals surface area (Å²) < 4.78 is 5.68. The molecule has 0 aliphatic rings. The number of hydrogen-bond donors (Lipinski definition) is 2. The second-order valence-electron chi connectivity index (χ2n) is 6.46. The van der Waals surface area contributed by atoms with Gasteiger partial charge in [0.25, 0.3) is 0 Å². The van der Waals surface area contributed by atoms with Crippen LogP contribution in [0, 0.1) is 0 Å². The fourth-order valence-corrected chi connectivity index (χ4v) is 3.54. The Bertz CT molecular complexity index is 1240. The molecule has 3 heterocycles. The van der Waals surface area contributed by atoms with Gasteiger partial charge in [-0.1, -0.05) is 24.3 Å². The first-order valence-corrected chi connectivity index (χ1v) is 10.1. The molecular formula is C22H18N4O3S. The highest BCUT2D eigenvalue weighted by Crippen LogP contribution is 2.26. The van der Waals surface area contributed by atoms with E-state index in [1.54, 1.807) is 29.8 Å². The summed E-state index contributed by atoms with van der Waals surface area (Å²) in [6.07, 6.45) is 4.93. The lowest BCUT2D eigenvalue weighted by molar-refractivity contribution is -0.119. The van der Waals surface area contributed by atoms with Crippen LogP contribution in [-0.4, -0.2) is 21.8 Å². The van der Waals surface area contributed by atoms with Gasteiger partial charge in [-0.05, 0) is 24.3 Å². The molecule has 4 aromatic rings. The fraction of sp³-hybridized carbons (Fsp3) is 0.0909. The van der Waals surface area contributed by atoms with Gasteiger partial charge in [-0.15, -0.1) is 11.3 Å². The lowest BCUT2D eigenvalue weighted by Crippen LogP contribution is -2.18. The molecule has 0 radical (unpaired) electrons. The molecule has 0 saturated carbocycles. The zero-order valence-electron chi connectivity index (χ0n) is 16.1.